The molecule has 3 N–H and O–H groups in total. The molecular formula is C57H107NO5. The zero-order chi connectivity index (χ0) is 45.8. The number of hydrogen-bond acceptors (Lipinski definition) is 5. The van der Waals surface area contributed by atoms with E-state index in [1.165, 1.54) is 173 Å². The van der Waals surface area contributed by atoms with E-state index in [0.29, 0.717) is 25.9 Å². The largest absolute Gasteiger partial charge is 0.466 e. The Hall–Kier alpha value is -1.92. The van der Waals surface area contributed by atoms with Gasteiger partial charge in [0.15, 0.2) is 0 Å². The summed E-state index contributed by atoms with van der Waals surface area (Å²) in [6.07, 6.45) is 64.1. The highest BCUT2D eigenvalue weighted by Crippen LogP contribution is 2.17. The highest BCUT2D eigenvalue weighted by molar-refractivity contribution is 5.76. The molecule has 0 rings (SSSR count). The minimum Gasteiger partial charge on any atom is -0.466 e. The van der Waals surface area contributed by atoms with Crippen molar-refractivity contribution in [3.05, 3.63) is 36.5 Å². The Balaban J connectivity index is 3.52. The third-order valence-corrected chi connectivity index (χ3v) is 12.7. The Bertz CT molecular complexity index is 1020. The van der Waals surface area contributed by atoms with E-state index in [9.17, 15) is 19.8 Å². The zero-order valence-corrected chi connectivity index (χ0v) is 42.1. The number of esters is 1. The van der Waals surface area contributed by atoms with Crippen LogP contribution in [-0.4, -0.2) is 47.4 Å². The van der Waals surface area contributed by atoms with Crippen LogP contribution >= 0.6 is 0 Å². The molecule has 0 bridgehead atoms. The molecule has 63 heavy (non-hydrogen) atoms. The molecule has 0 heterocycles. The van der Waals surface area contributed by atoms with Gasteiger partial charge in [0.05, 0.1) is 25.4 Å². The first-order chi connectivity index (χ1) is 31.0. The number of carbonyl (C=O) groups is 2. The first kappa shape index (κ1) is 61.1. The predicted octanol–water partition coefficient (Wildman–Crippen LogP) is 16.9. The summed E-state index contributed by atoms with van der Waals surface area (Å²) in [6.45, 7) is 4.84. The summed E-state index contributed by atoms with van der Waals surface area (Å²) in [6, 6.07) is -0.568. The second-order valence-corrected chi connectivity index (χ2v) is 18.9. The number of allylic oxidation sites excluding steroid dienone is 6. The molecule has 0 saturated heterocycles. The molecule has 0 aliphatic heterocycles. The summed E-state index contributed by atoms with van der Waals surface area (Å²) < 4.78 is 5.44. The number of aliphatic hydroxyl groups is 2. The van der Waals surface area contributed by atoms with Gasteiger partial charge in [0, 0.05) is 12.8 Å². The fourth-order valence-electron chi connectivity index (χ4n) is 8.37. The molecule has 2 atom stereocenters. The number of amides is 1. The average Bonchev–Trinajstić information content (AvgIpc) is 3.28. The molecule has 0 aromatic heterocycles. The SMILES string of the molecule is CCCCC/C=C\C/C=C\CCCCCCCCCC(=O)OCCCC/C=C\CCCCCCC(=O)NC(CO)C(O)CCCCCCCCCCCCCCCCCCCCC. The quantitative estimate of drug-likeness (QED) is 0.0321. The smallest absolute Gasteiger partial charge is 0.305 e. The van der Waals surface area contributed by atoms with E-state index >= 15 is 0 Å². The molecule has 0 spiro atoms. The fourth-order valence-corrected chi connectivity index (χ4v) is 8.37. The van der Waals surface area contributed by atoms with Crippen LogP contribution in [0.4, 0.5) is 0 Å². The van der Waals surface area contributed by atoms with E-state index in [1.54, 1.807) is 0 Å². The van der Waals surface area contributed by atoms with Gasteiger partial charge in [-0.05, 0) is 83.5 Å². The van der Waals surface area contributed by atoms with Gasteiger partial charge in [-0.2, -0.15) is 0 Å². The summed E-state index contributed by atoms with van der Waals surface area (Å²) in [7, 11) is 0. The molecule has 6 heteroatoms. The van der Waals surface area contributed by atoms with E-state index in [1.807, 2.05) is 0 Å². The lowest BCUT2D eigenvalue weighted by Crippen LogP contribution is -2.45. The lowest BCUT2D eigenvalue weighted by atomic mass is 10.0. The van der Waals surface area contributed by atoms with Gasteiger partial charge in [0.25, 0.3) is 0 Å². The minimum atomic E-state index is -0.688. The van der Waals surface area contributed by atoms with Crippen LogP contribution in [0.5, 0.6) is 0 Å². The minimum absolute atomic E-state index is 0.0439. The van der Waals surface area contributed by atoms with Crippen molar-refractivity contribution >= 4 is 11.9 Å². The molecule has 0 aromatic rings. The third-order valence-electron chi connectivity index (χ3n) is 12.7. The second kappa shape index (κ2) is 52.7. The van der Waals surface area contributed by atoms with E-state index in [4.69, 9.17) is 4.74 Å². The normalized spacial score (nSPS) is 12.9. The summed E-state index contributed by atoms with van der Waals surface area (Å²) >= 11 is 0. The molecule has 6 nitrogen and oxygen atoms in total. The van der Waals surface area contributed by atoms with Crippen LogP contribution in [0, 0.1) is 0 Å². The van der Waals surface area contributed by atoms with Crippen molar-refractivity contribution < 1.29 is 24.5 Å². The standard InChI is InChI=1S/C57H107NO5/c1-3-5-7-9-11-13-15-17-19-21-22-24-25-27-29-33-37-41-45-49-55(60)54(53-59)58-56(61)50-46-42-38-34-31-32-36-40-44-48-52-63-57(62)51-47-43-39-35-30-28-26-23-20-18-16-14-12-10-8-6-4-2/h12,14,18,20,32,36,54-55,59-60H,3-11,13,15-17,19,21-31,33-35,37-53H2,1-2H3,(H,58,61)/b14-12-,20-18-,36-32-. The predicted molar refractivity (Wildman–Crippen MR) is 273 cm³/mol. The third kappa shape index (κ3) is 49.4. The fraction of sp³-hybridized carbons (Fsp3) is 0.860. The molecule has 0 saturated carbocycles. The molecule has 0 fully saturated rings. The van der Waals surface area contributed by atoms with Crippen molar-refractivity contribution in [1.29, 1.82) is 0 Å². The Morgan fingerprint density at radius 2 is 0.794 bits per heavy atom. The van der Waals surface area contributed by atoms with Crippen molar-refractivity contribution in [2.75, 3.05) is 13.2 Å². The van der Waals surface area contributed by atoms with Gasteiger partial charge in [-0.15, -0.1) is 0 Å². The topological polar surface area (TPSA) is 95.9 Å². The van der Waals surface area contributed by atoms with E-state index in [0.717, 1.165) is 83.5 Å². The number of ether oxygens (including phenoxy) is 1. The van der Waals surface area contributed by atoms with Crippen LogP contribution in [0.1, 0.15) is 290 Å². The van der Waals surface area contributed by atoms with Gasteiger partial charge < -0.3 is 20.3 Å². The average molecular weight is 886 g/mol. The lowest BCUT2D eigenvalue weighted by molar-refractivity contribution is -0.143. The van der Waals surface area contributed by atoms with E-state index in [2.05, 4.69) is 55.6 Å². The highest BCUT2D eigenvalue weighted by Gasteiger charge is 2.20. The van der Waals surface area contributed by atoms with E-state index < -0.39 is 12.1 Å². The van der Waals surface area contributed by atoms with Crippen LogP contribution in [0.2, 0.25) is 0 Å². The summed E-state index contributed by atoms with van der Waals surface area (Å²) in [5, 5.41) is 23.3. The number of hydrogen-bond donors (Lipinski definition) is 3. The Labute approximate surface area is 392 Å². The van der Waals surface area contributed by atoms with Crippen LogP contribution < -0.4 is 5.32 Å². The Morgan fingerprint density at radius 1 is 0.444 bits per heavy atom. The van der Waals surface area contributed by atoms with Gasteiger partial charge in [0.2, 0.25) is 5.91 Å². The number of carbonyl (C=O) groups excluding carboxylic acids is 2. The van der Waals surface area contributed by atoms with Crippen LogP contribution in [0.3, 0.4) is 0 Å². The lowest BCUT2D eigenvalue weighted by Gasteiger charge is -2.22. The van der Waals surface area contributed by atoms with Crippen molar-refractivity contribution in [3.8, 4) is 0 Å². The van der Waals surface area contributed by atoms with Crippen molar-refractivity contribution in [2.24, 2.45) is 0 Å². The number of nitrogens with one attached hydrogen (secondary N) is 1. The molecular weight excluding hydrogens is 779 g/mol. The molecule has 0 radical (unpaired) electrons. The molecule has 0 aromatic carbocycles. The van der Waals surface area contributed by atoms with Gasteiger partial charge in [-0.25, -0.2) is 0 Å². The maximum absolute atomic E-state index is 12.5. The maximum atomic E-state index is 12.5. The summed E-state index contributed by atoms with van der Waals surface area (Å²) in [4.78, 5) is 24.5. The number of aliphatic hydroxyl groups excluding tert-OH is 2. The zero-order valence-electron chi connectivity index (χ0n) is 42.1. The first-order valence-corrected chi connectivity index (χ1v) is 27.7. The monoisotopic (exact) mass is 886 g/mol. The molecule has 1 amide bonds. The summed E-state index contributed by atoms with van der Waals surface area (Å²) in [5.74, 6) is -0.114. The molecule has 370 valence electrons. The van der Waals surface area contributed by atoms with Gasteiger partial charge in [-0.3, -0.25) is 9.59 Å². The number of unbranched alkanes of at least 4 members (excludes halogenated alkanes) is 34. The number of rotatable bonds is 51. The van der Waals surface area contributed by atoms with Gasteiger partial charge >= 0.3 is 5.97 Å². The second-order valence-electron chi connectivity index (χ2n) is 18.9. The van der Waals surface area contributed by atoms with Gasteiger partial charge in [-0.1, -0.05) is 230 Å². The molecule has 0 aliphatic rings. The molecule has 0 aliphatic carbocycles. The molecule has 2 unspecified atom stereocenters. The first-order valence-electron chi connectivity index (χ1n) is 27.7. The maximum Gasteiger partial charge on any atom is 0.305 e. The summed E-state index contributed by atoms with van der Waals surface area (Å²) in [5.41, 5.74) is 0. The van der Waals surface area contributed by atoms with Crippen LogP contribution in [0.15, 0.2) is 36.5 Å². The van der Waals surface area contributed by atoms with Crippen LogP contribution in [-0.2, 0) is 14.3 Å². The Kier molecular flexibility index (Phi) is 51.1. The highest BCUT2D eigenvalue weighted by atomic mass is 16.5. The van der Waals surface area contributed by atoms with Gasteiger partial charge in [0.1, 0.15) is 0 Å². The van der Waals surface area contributed by atoms with Crippen molar-refractivity contribution in [2.45, 2.75) is 302 Å². The van der Waals surface area contributed by atoms with Crippen molar-refractivity contribution in [1.82, 2.24) is 5.32 Å². The van der Waals surface area contributed by atoms with Crippen LogP contribution in [0.25, 0.3) is 0 Å². The van der Waals surface area contributed by atoms with E-state index in [-0.39, 0.29) is 18.5 Å². The Morgan fingerprint density at radius 3 is 1.25 bits per heavy atom. The van der Waals surface area contributed by atoms with Crippen molar-refractivity contribution in [3.63, 3.8) is 0 Å².